The Hall–Kier alpha value is -3.59. The molecule has 0 saturated heterocycles. The van der Waals surface area contributed by atoms with Crippen LogP contribution >= 0.6 is 15.9 Å². The first-order chi connectivity index (χ1) is 15.4. The third-order valence-corrected chi connectivity index (χ3v) is 5.75. The Kier molecular flexibility index (Phi) is 6.27. The van der Waals surface area contributed by atoms with Crippen molar-refractivity contribution in [2.45, 2.75) is 19.3 Å². The third-order valence-electron chi connectivity index (χ3n) is 5.05. The molecule has 2 heterocycles. The van der Waals surface area contributed by atoms with Gasteiger partial charge in [0, 0.05) is 40.1 Å². The number of anilines is 1. The van der Waals surface area contributed by atoms with Crippen molar-refractivity contribution in [3.63, 3.8) is 0 Å². The van der Waals surface area contributed by atoms with E-state index in [1.165, 1.54) is 30.3 Å². The molecule has 0 aliphatic rings. The van der Waals surface area contributed by atoms with Gasteiger partial charge >= 0.3 is 0 Å². The molecule has 4 aromatic rings. The zero-order valence-electron chi connectivity index (χ0n) is 16.8. The summed E-state index contributed by atoms with van der Waals surface area (Å²) < 4.78 is 14.5. The van der Waals surface area contributed by atoms with Crippen molar-refractivity contribution in [2.24, 2.45) is 0 Å². The maximum Gasteiger partial charge on any atom is 0.271 e. The lowest BCUT2D eigenvalue weighted by molar-refractivity contribution is -0.384. The van der Waals surface area contributed by atoms with Gasteiger partial charge in [0.15, 0.2) is 0 Å². The molecular formula is C23H18BrFN4O3. The second-order valence-corrected chi connectivity index (χ2v) is 8.06. The van der Waals surface area contributed by atoms with Crippen LogP contribution in [0.3, 0.4) is 0 Å². The Balaban J connectivity index is 1.51. The topological polar surface area (TPSA) is 101 Å². The highest BCUT2D eigenvalue weighted by Crippen LogP contribution is 2.31. The number of nitro groups is 1. The fourth-order valence-electron chi connectivity index (χ4n) is 3.57. The van der Waals surface area contributed by atoms with E-state index in [9.17, 15) is 19.3 Å². The lowest BCUT2D eigenvalue weighted by Gasteiger charge is -2.08. The second kappa shape index (κ2) is 9.27. The van der Waals surface area contributed by atoms with Crippen LogP contribution in [0.25, 0.3) is 22.3 Å². The van der Waals surface area contributed by atoms with Crippen molar-refractivity contribution in [1.82, 2.24) is 9.97 Å². The molecule has 0 saturated carbocycles. The number of carbonyl (C=O) groups is 1. The molecule has 0 bridgehead atoms. The number of amides is 1. The number of halogens is 2. The number of benzene rings is 2. The summed E-state index contributed by atoms with van der Waals surface area (Å²) in [7, 11) is 0. The van der Waals surface area contributed by atoms with Gasteiger partial charge in [-0.25, -0.2) is 4.39 Å². The standard InChI is InChI=1S/C23H18BrFN4O3/c24-18-9-8-15(29(31)32)13-21(18)27-22(30)6-3-4-16-17-12-14(25)7-10-19(17)28-23(16)20-5-1-2-11-26-20/h1-2,5,7-13,28H,3-4,6H2,(H,27,30). The molecule has 9 heteroatoms. The maximum atomic E-state index is 13.9. The van der Waals surface area contributed by atoms with Gasteiger partial charge in [0.25, 0.3) is 5.69 Å². The zero-order valence-corrected chi connectivity index (χ0v) is 18.4. The number of hydrogen-bond donors (Lipinski definition) is 2. The van der Waals surface area contributed by atoms with Crippen LogP contribution in [0.2, 0.25) is 0 Å². The van der Waals surface area contributed by atoms with Crippen LogP contribution in [-0.2, 0) is 11.2 Å². The molecule has 162 valence electrons. The summed E-state index contributed by atoms with van der Waals surface area (Å²) >= 11 is 3.29. The number of nitrogens with zero attached hydrogens (tertiary/aromatic N) is 2. The number of carbonyl (C=O) groups excluding carboxylic acids is 1. The predicted molar refractivity (Wildman–Crippen MR) is 124 cm³/mol. The van der Waals surface area contributed by atoms with Gasteiger partial charge in [-0.15, -0.1) is 0 Å². The van der Waals surface area contributed by atoms with Gasteiger partial charge in [0.2, 0.25) is 5.91 Å². The first-order valence-electron chi connectivity index (χ1n) is 9.87. The largest absolute Gasteiger partial charge is 0.353 e. The van der Waals surface area contributed by atoms with Crippen LogP contribution in [0.4, 0.5) is 15.8 Å². The maximum absolute atomic E-state index is 13.9. The van der Waals surface area contributed by atoms with E-state index in [1.807, 2.05) is 18.2 Å². The van der Waals surface area contributed by atoms with Gasteiger partial charge < -0.3 is 10.3 Å². The van der Waals surface area contributed by atoms with E-state index in [0.29, 0.717) is 23.0 Å². The number of H-pyrrole nitrogens is 1. The Morgan fingerprint density at radius 2 is 2.03 bits per heavy atom. The Labute approximate surface area is 191 Å². The smallest absolute Gasteiger partial charge is 0.271 e. The van der Waals surface area contributed by atoms with Crippen molar-refractivity contribution >= 4 is 44.1 Å². The molecule has 0 unspecified atom stereocenters. The van der Waals surface area contributed by atoms with Crippen LogP contribution in [0.1, 0.15) is 18.4 Å². The molecule has 0 fully saturated rings. The molecule has 2 N–H and O–H groups in total. The Bertz CT molecular complexity index is 1310. The summed E-state index contributed by atoms with van der Waals surface area (Å²) in [6.45, 7) is 0. The number of nitrogens with one attached hydrogen (secondary N) is 2. The van der Waals surface area contributed by atoms with Crippen molar-refractivity contribution in [3.8, 4) is 11.4 Å². The van der Waals surface area contributed by atoms with E-state index in [1.54, 1.807) is 12.3 Å². The van der Waals surface area contributed by atoms with Gasteiger partial charge in [-0.3, -0.25) is 19.9 Å². The van der Waals surface area contributed by atoms with Crippen LogP contribution in [0.15, 0.2) is 65.3 Å². The summed E-state index contributed by atoms with van der Waals surface area (Å²) in [5.74, 6) is -0.602. The number of nitro benzene ring substituents is 1. The summed E-state index contributed by atoms with van der Waals surface area (Å²) in [4.78, 5) is 30.6. The molecule has 0 aliphatic carbocycles. The number of aryl methyl sites for hydroxylation is 1. The zero-order chi connectivity index (χ0) is 22.7. The summed E-state index contributed by atoms with van der Waals surface area (Å²) in [5, 5.41) is 14.4. The number of pyridine rings is 1. The highest BCUT2D eigenvalue weighted by Gasteiger charge is 2.16. The first kappa shape index (κ1) is 21.6. The molecule has 0 spiro atoms. The SMILES string of the molecule is O=C(CCCc1c(-c2ccccn2)[nH]c2ccc(F)cc12)Nc1cc([N+](=O)[O-])ccc1Br. The average molecular weight is 497 g/mol. The summed E-state index contributed by atoms with van der Waals surface area (Å²) in [5.41, 5.74) is 3.46. The molecule has 0 aliphatic heterocycles. The van der Waals surface area contributed by atoms with Crippen LogP contribution in [-0.4, -0.2) is 20.8 Å². The molecule has 2 aromatic heterocycles. The quantitative estimate of drug-likeness (QED) is 0.242. The van der Waals surface area contributed by atoms with Gasteiger partial charge in [0.05, 0.1) is 22.0 Å². The summed E-state index contributed by atoms with van der Waals surface area (Å²) in [6.07, 6.45) is 2.91. The minimum Gasteiger partial charge on any atom is -0.353 e. The van der Waals surface area contributed by atoms with Crippen LogP contribution < -0.4 is 5.32 Å². The minimum absolute atomic E-state index is 0.107. The number of rotatable bonds is 7. The number of aromatic nitrogens is 2. The molecule has 1 amide bonds. The number of non-ortho nitro benzene ring substituents is 1. The van der Waals surface area contributed by atoms with Crippen molar-refractivity contribution in [1.29, 1.82) is 0 Å². The molecule has 2 aromatic carbocycles. The van der Waals surface area contributed by atoms with Gasteiger partial charge in [-0.1, -0.05) is 6.07 Å². The molecule has 0 atom stereocenters. The number of aromatic amines is 1. The Morgan fingerprint density at radius 3 is 2.78 bits per heavy atom. The lowest BCUT2D eigenvalue weighted by atomic mass is 10.0. The molecule has 0 radical (unpaired) electrons. The highest BCUT2D eigenvalue weighted by atomic mass is 79.9. The van der Waals surface area contributed by atoms with E-state index < -0.39 is 4.92 Å². The van der Waals surface area contributed by atoms with Gasteiger partial charge in [-0.2, -0.15) is 0 Å². The lowest BCUT2D eigenvalue weighted by Crippen LogP contribution is -2.12. The molecular weight excluding hydrogens is 479 g/mol. The van der Waals surface area contributed by atoms with Crippen molar-refractivity contribution < 1.29 is 14.1 Å². The molecule has 32 heavy (non-hydrogen) atoms. The normalized spacial score (nSPS) is 10.9. The van der Waals surface area contributed by atoms with E-state index in [0.717, 1.165) is 27.9 Å². The minimum atomic E-state index is -0.516. The second-order valence-electron chi connectivity index (χ2n) is 7.21. The predicted octanol–water partition coefficient (Wildman–Crippen LogP) is 6.00. The van der Waals surface area contributed by atoms with Gasteiger partial charge in [-0.05, 0) is 70.7 Å². The molecule has 4 rings (SSSR count). The monoisotopic (exact) mass is 496 g/mol. The third kappa shape index (κ3) is 4.67. The van der Waals surface area contributed by atoms with E-state index in [2.05, 4.69) is 31.2 Å². The van der Waals surface area contributed by atoms with Crippen molar-refractivity contribution in [2.75, 3.05) is 5.32 Å². The van der Waals surface area contributed by atoms with Crippen LogP contribution in [0, 0.1) is 15.9 Å². The highest BCUT2D eigenvalue weighted by molar-refractivity contribution is 9.10. The average Bonchev–Trinajstić information content (AvgIpc) is 3.13. The molecule has 7 nitrogen and oxygen atoms in total. The number of hydrogen-bond acceptors (Lipinski definition) is 4. The number of fused-ring (bicyclic) bond motifs is 1. The Morgan fingerprint density at radius 1 is 1.19 bits per heavy atom. The summed E-state index contributed by atoms with van der Waals surface area (Å²) in [6, 6.07) is 14.3. The fourth-order valence-corrected chi connectivity index (χ4v) is 3.92. The van der Waals surface area contributed by atoms with Gasteiger partial charge in [0.1, 0.15) is 5.82 Å². The van der Waals surface area contributed by atoms with Crippen LogP contribution in [0.5, 0.6) is 0 Å². The first-order valence-corrected chi connectivity index (χ1v) is 10.7. The van der Waals surface area contributed by atoms with E-state index >= 15 is 0 Å². The fraction of sp³-hybridized carbons (Fsp3) is 0.130. The van der Waals surface area contributed by atoms with E-state index in [4.69, 9.17) is 0 Å². The van der Waals surface area contributed by atoms with Crippen molar-refractivity contribution in [3.05, 3.63) is 86.8 Å². The van der Waals surface area contributed by atoms with E-state index in [-0.39, 0.29) is 23.8 Å².